The highest BCUT2D eigenvalue weighted by molar-refractivity contribution is 5.32. The molecule has 1 aromatic heterocycles. The molecular weight excluding hydrogens is 215 g/mol. The zero-order chi connectivity index (χ0) is 12.3. The second kappa shape index (κ2) is 5.06. The molecule has 0 aliphatic rings. The van der Waals surface area contributed by atoms with Crippen molar-refractivity contribution >= 4 is 0 Å². The third-order valence-electron chi connectivity index (χ3n) is 2.83. The summed E-state index contributed by atoms with van der Waals surface area (Å²) in [5, 5.41) is 3.11. The number of halogens is 1. The quantitative estimate of drug-likeness (QED) is 0.877. The van der Waals surface area contributed by atoms with Crippen molar-refractivity contribution in [2.24, 2.45) is 0 Å². The van der Waals surface area contributed by atoms with E-state index < -0.39 is 0 Å². The van der Waals surface area contributed by atoms with Gasteiger partial charge in [0.25, 0.3) is 0 Å². The number of hydrogen-bond acceptors (Lipinski definition) is 2. The maximum absolute atomic E-state index is 13.8. The van der Waals surface area contributed by atoms with Gasteiger partial charge in [-0.2, -0.15) is 0 Å². The molecule has 0 aliphatic carbocycles. The highest BCUT2D eigenvalue weighted by Crippen LogP contribution is 2.24. The van der Waals surface area contributed by atoms with Crippen molar-refractivity contribution in [3.63, 3.8) is 0 Å². The lowest BCUT2D eigenvalue weighted by Crippen LogP contribution is -2.21. The first-order valence-electron chi connectivity index (χ1n) is 5.57. The van der Waals surface area contributed by atoms with E-state index in [9.17, 15) is 4.39 Å². The molecule has 1 N–H and O–H groups in total. The van der Waals surface area contributed by atoms with Crippen molar-refractivity contribution in [1.29, 1.82) is 0 Å². The van der Waals surface area contributed by atoms with Gasteiger partial charge >= 0.3 is 0 Å². The Labute approximate surface area is 101 Å². The summed E-state index contributed by atoms with van der Waals surface area (Å²) in [5.41, 5.74) is 2.53. The molecule has 0 saturated heterocycles. The highest BCUT2D eigenvalue weighted by Gasteiger charge is 2.18. The molecule has 1 aromatic carbocycles. The molecule has 2 aromatic rings. The van der Waals surface area contributed by atoms with Crippen LogP contribution in [0.2, 0.25) is 0 Å². The summed E-state index contributed by atoms with van der Waals surface area (Å²) in [6.07, 6.45) is 1.73. The van der Waals surface area contributed by atoms with Crippen LogP contribution in [0.1, 0.15) is 22.9 Å². The SMILES string of the molecule is CNC(c1ccccc1F)c1ncccc1C. The van der Waals surface area contributed by atoms with Crippen molar-refractivity contribution in [2.45, 2.75) is 13.0 Å². The molecule has 3 heteroatoms. The lowest BCUT2D eigenvalue weighted by molar-refractivity contribution is 0.569. The summed E-state index contributed by atoms with van der Waals surface area (Å²) in [5.74, 6) is -0.211. The zero-order valence-corrected chi connectivity index (χ0v) is 9.94. The van der Waals surface area contributed by atoms with Crippen LogP contribution in [0.3, 0.4) is 0 Å². The molecule has 88 valence electrons. The van der Waals surface area contributed by atoms with E-state index in [4.69, 9.17) is 0 Å². The topological polar surface area (TPSA) is 24.9 Å². The Kier molecular flexibility index (Phi) is 3.49. The van der Waals surface area contributed by atoms with Gasteiger partial charge in [-0.3, -0.25) is 4.98 Å². The van der Waals surface area contributed by atoms with E-state index in [1.165, 1.54) is 6.07 Å². The van der Waals surface area contributed by atoms with E-state index in [0.29, 0.717) is 5.56 Å². The first kappa shape index (κ1) is 11.7. The van der Waals surface area contributed by atoms with E-state index in [1.54, 1.807) is 18.3 Å². The Bertz CT molecular complexity index is 466. The summed E-state index contributed by atoms with van der Waals surface area (Å²) in [6.45, 7) is 1.98. The van der Waals surface area contributed by atoms with E-state index in [1.807, 2.05) is 32.2 Å². The first-order chi connectivity index (χ1) is 8.24. The Morgan fingerprint density at radius 2 is 1.94 bits per heavy atom. The molecule has 0 aliphatic heterocycles. The predicted octanol–water partition coefficient (Wildman–Crippen LogP) is 2.84. The van der Waals surface area contributed by atoms with Crippen LogP contribution in [0, 0.1) is 12.7 Å². The summed E-state index contributed by atoms with van der Waals surface area (Å²) < 4.78 is 13.8. The Morgan fingerprint density at radius 1 is 1.18 bits per heavy atom. The molecule has 1 heterocycles. The molecule has 0 saturated carbocycles. The molecule has 1 unspecified atom stereocenters. The smallest absolute Gasteiger partial charge is 0.128 e. The van der Waals surface area contributed by atoms with Gasteiger partial charge in [0.05, 0.1) is 11.7 Å². The van der Waals surface area contributed by atoms with Crippen molar-refractivity contribution in [3.8, 4) is 0 Å². The summed E-state index contributed by atoms with van der Waals surface area (Å²) >= 11 is 0. The van der Waals surface area contributed by atoms with Crippen LogP contribution in [0.5, 0.6) is 0 Å². The third kappa shape index (κ3) is 2.34. The van der Waals surface area contributed by atoms with Crippen molar-refractivity contribution in [1.82, 2.24) is 10.3 Å². The van der Waals surface area contributed by atoms with Gasteiger partial charge in [-0.25, -0.2) is 4.39 Å². The molecule has 2 rings (SSSR count). The van der Waals surface area contributed by atoms with Crippen molar-refractivity contribution in [3.05, 3.63) is 65.2 Å². The van der Waals surface area contributed by atoms with Gasteiger partial charge in [0.15, 0.2) is 0 Å². The number of hydrogen-bond donors (Lipinski definition) is 1. The van der Waals surface area contributed by atoms with Gasteiger partial charge in [0.2, 0.25) is 0 Å². The maximum atomic E-state index is 13.8. The first-order valence-corrected chi connectivity index (χ1v) is 5.57. The number of nitrogens with zero attached hydrogens (tertiary/aromatic N) is 1. The molecule has 1 atom stereocenters. The van der Waals surface area contributed by atoms with Crippen LogP contribution >= 0.6 is 0 Å². The number of benzene rings is 1. The second-order valence-electron chi connectivity index (χ2n) is 3.95. The molecule has 17 heavy (non-hydrogen) atoms. The van der Waals surface area contributed by atoms with Crippen LogP contribution in [-0.2, 0) is 0 Å². The van der Waals surface area contributed by atoms with Crippen LogP contribution < -0.4 is 5.32 Å². The number of pyridine rings is 1. The number of aromatic nitrogens is 1. The van der Waals surface area contributed by atoms with Gasteiger partial charge < -0.3 is 5.32 Å². The Balaban J connectivity index is 2.48. The van der Waals surface area contributed by atoms with Crippen LogP contribution in [0.4, 0.5) is 4.39 Å². The Morgan fingerprint density at radius 3 is 2.59 bits per heavy atom. The average molecular weight is 230 g/mol. The fraction of sp³-hybridized carbons (Fsp3) is 0.214. The number of rotatable bonds is 3. The van der Waals surface area contributed by atoms with E-state index in [0.717, 1.165) is 11.3 Å². The molecule has 2 nitrogen and oxygen atoms in total. The van der Waals surface area contributed by atoms with Crippen LogP contribution in [0.25, 0.3) is 0 Å². The summed E-state index contributed by atoms with van der Waals surface area (Å²) in [6, 6.07) is 10.4. The average Bonchev–Trinajstić information content (AvgIpc) is 2.34. The minimum absolute atomic E-state index is 0.211. The fourth-order valence-corrected chi connectivity index (χ4v) is 1.95. The normalized spacial score (nSPS) is 12.4. The largest absolute Gasteiger partial charge is 0.308 e. The van der Waals surface area contributed by atoms with E-state index in [2.05, 4.69) is 10.3 Å². The van der Waals surface area contributed by atoms with Crippen molar-refractivity contribution in [2.75, 3.05) is 7.05 Å². The fourth-order valence-electron chi connectivity index (χ4n) is 1.95. The van der Waals surface area contributed by atoms with Gasteiger partial charge in [-0.05, 0) is 31.7 Å². The zero-order valence-electron chi connectivity index (χ0n) is 9.94. The minimum atomic E-state index is -0.211. The molecule has 0 spiro atoms. The van der Waals surface area contributed by atoms with Crippen LogP contribution in [0.15, 0.2) is 42.6 Å². The standard InChI is InChI=1S/C14H15FN2/c1-10-6-5-9-17-13(10)14(16-2)11-7-3-4-8-12(11)15/h3-9,14,16H,1-2H3. The molecule has 0 bridgehead atoms. The molecular formula is C14H15FN2. The monoisotopic (exact) mass is 230 g/mol. The van der Waals surface area contributed by atoms with Gasteiger partial charge in [-0.1, -0.05) is 24.3 Å². The van der Waals surface area contributed by atoms with E-state index in [-0.39, 0.29) is 11.9 Å². The maximum Gasteiger partial charge on any atom is 0.128 e. The van der Waals surface area contributed by atoms with Gasteiger partial charge in [0.1, 0.15) is 5.82 Å². The second-order valence-corrected chi connectivity index (χ2v) is 3.95. The number of nitrogens with one attached hydrogen (secondary N) is 1. The molecule has 0 radical (unpaired) electrons. The van der Waals surface area contributed by atoms with Crippen molar-refractivity contribution < 1.29 is 4.39 Å². The van der Waals surface area contributed by atoms with Gasteiger partial charge in [0, 0.05) is 11.8 Å². The van der Waals surface area contributed by atoms with Crippen LogP contribution in [-0.4, -0.2) is 12.0 Å². The highest BCUT2D eigenvalue weighted by atomic mass is 19.1. The van der Waals surface area contributed by atoms with E-state index >= 15 is 0 Å². The summed E-state index contributed by atoms with van der Waals surface area (Å²) in [7, 11) is 1.81. The molecule has 0 fully saturated rings. The lowest BCUT2D eigenvalue weighted by atomic mass is 10.00. The predicted molar refractivity (Wildman–Crippen MR) is 66.3 cm³/mol. The lowest BCUT2D eigenvalue weighted by Gasteiger charge is -2.18. The minimum Gasteiger partial charge on any atom is -0.308 e. The van der Waals surface area contributed by atoms with Gasteiger partial charge in [-0.15, -0.1) is 0 Å². The molecule has 0 amide bonds. The third-order valence-corrected chi connectivity index (χ3v) is 2.83. The number of aryl methyl sites for hydroxylation is 1. The summed E-state index contributed by atoms with van der Waals surface area (Å²) in [4.78, 5) is 4.34. The Hall–Kier alpha value is -1.74.